The van der Waals surface area contributed by atoms with Crippen molar-refractivity contribution in [3.63, 3.8) is 0 Å². The molecule has 2 rings (SSSR count). The molecule has 1 amide bonds. The fourth-order valence-corrected chi connectivity index (χ4v) is 1.80. The monoisotopic (exact) mass is 277 g/mol. The second-order valence-electron chi connectivity index (χ2n) is 4.43. The second-order valence-corrected chi connectivity index (χ2v) is 4.43. The van der Waals surface area contributed by atoms with E-state index >= 15 is 0 Å². The molecule has 20 heavy (non-hydrogen) atoms. The summed E-state index contributed by atoms with van der Waals surface area (Å²) in [5, 5.41) is 16.5. The van der Waals surface area contributed by atoms with E-state index in [-0.39, 0.29) is 11.6 Å². The molecular formula is C13H15N3O4. The van der Waals surface area contributed by atoms with Crippen molar-refractivity contribution in [2.24, 2.45) is 0 Å². The summed E-state index contributed by atoms with van der Waals surface area (Å²) in [6.45, 7) is 3.13. The van der Waals surface area contributed by atoms with Crippen molar-refractivity contribution in [2.75, 3.05) is 25.5 Å². The van der Waals surface area contributed by atoms with E-state index in [4.69, 9.17) is 4.74 Å². The number of benzene rings is 1. The topological polar surface area (TPSA) is 93.5 Å². The normalized spacial score (nSPS) is 13.4. The Labute approximate surface area is 115 Å². The summed E-state index contributed by atoms with van der Waals surface area (Å²) in [7, 11) is 1.44. The summed E-state index contributed by atoms with van der Waals surface area (Å²) >= 11 is 0. The zero-order chi connectivity index (χ0) is 14.7. The van der Waals surface area contributed by atoms with E-state index in [1.54, 1.807) is 6.92 Å². The number of amides is 1. The van der Waals surface area contributed by atoms with Crippen molar-refractivity contribution in [3.8, 4) is 5.75 Å². The predicted octanol–water partition coefficient (Wildman–Crippen LogP) is 1.46. The molecule has 1 fully saturated rings. The highest BCUT2D eigenvalue weighted by Gasteiger charge is 2.18. The van der Waals surface area contributed by atoms with Gasteiger partial charge in [0.1, 0.15) is 5.75 Å². The van der Waals surface area contributed by atoms with Crippen LogP contribution in [0.5, 0.6) is 5.75 Å². The molecule has 1 aromatic carbocycles. The SMILES string of the molecule is COc1ccc([N+](=O)[O-])cc1NC(=O)C(C)=C1CNC1. The lowest BCUT2D eigenvalue weighted by atomic mass is 10.0. The molecule has 1 aliphatic heterocycles. The lowest BCUT2D eigenvalue weighted by molar-refractivity contribution is -0.384. The molecule has 7 nitrogen and oxygen atoms in total. The highest BCUT2D eigenvalue weighted by Crippen LogP contribution is 2.29. The molecule has 1 aromatic rings. The molecule has 0 bridgehead atoms. The summed E-state index contributed by atoms with van der Waals surface area (Å²) < 4.78 is 5.10. The van der Waals surface area contributed by atoms with Gasteiger partial charge >= 0.3 is 0 Å². The summed E-state index contributed by atoms with van der Waals surface area (Å²) in [6, 6.07) is 4.07. The Morgan fingerprint density at radius 3 is 2.65 bits per heavy atom. The minimum absolute atomic E-state index is 0.100. The number of nitro groups is 1. The molecule has 2 N–H and O–H groups in total. The van der Waals surface area contributed by atoms with Crippen LogP contribution >= 0.6 is 0 Å². The van der Waals surface area contributed by atoms with Gasteiger partial charge in [0.2, 0.25) is 0 Å². The van der Waals surface area contributed by atoms with E-state index in [1.165, 1.54) is 25.3 Å². The Balaban J connectivity index is 2.25. The quantitative estimate of drug-likeness (QED) is 0.493. The number of nitrogens with one attached hydrogen (secondary N) is 2. The molecule has 0 unspecified atom stereocenters. The maximum Gasteiger partial charge on any atom is 0.271 e. The first kappa shape index (κ1) is 14.0. The molecule has 106 valence electrons. The van der Waals surface area contributed by atoms with E-state index in [1.807, 2.05) is 0 Å². The van der Waals surface area contributed by atoms with Crippen molar-refractivity contribution >= 4 is 17.3 Å². The smallest absolute Gasteiger partial charge is 0.271 e. The second kappa shape index (κ2) is 5.70. The average molecular weight is 277 g/mol. The maximum atomic E-state index is 12.1. The van der Waals surface area contributed by atoms with Gasteiger partial charge in [0.05, 0.1) is 17.7 Å². The molecule has 1 heterocycles. The third kappa shape index (κ3) is 2.77. The van der Waals surface area contributed by atoms with Crippen LogP contribution in [-0.2, 0) is 4.79 Å². The van der Waals surface area contributed by atoms with Crippen molar-refractivity contribution in [3.05, 3.63) is 39.5 Å². The van der Waals surface area contributed by atoms with Crippen LogP contribution in [0.3, 0.4) is 0 Å². The third-order valence-corrected chi connectivity index (χ3v) is 3.19. The first-order valence-electron chi connectivity index (χ1n) is 6.06. The number of nitro benzene ring substituents is 1. The Morgan fingerprint density at radius 2 is 2.15 bits per heavy atom. The number of methoxy groups -OCH3 is 1. The molecule has 0 aromatic heterocycles. The van der Waals surface area contributed by atoms with E-state index in [9.17, 15) is 14.9 Å². The van der Waals surface area contributed by atoms with E-state index < -0.39 is 4.92 Å². The zero-order valence-electron chi connectivity index (χ0n) is 11.2. The lowest BCUT2D eigenvalue weighted by Crippen LogP contribution is -2.36. The molecule has 7 heteroatoms. The minimum Gasteiger partial charge on any atom is -0.495 e. The minimum atomic E-state index is -0.518. The summed E-state index contributed by atoms with van der Waals surface area (Å²) in [6.07, 6.45) is 0. The molecule has 0 aliphatic carbocycles. The maximum absolute atomic E-state index is 12.1. The molecule has 0 radical (unpaired) electrons. The number of nitrogens with zero attached hydrogens (tertiary/aromatic N) is 1. The highest BCUT2D eigenvalue weighted by molar-refractivity contribution is 6.05. The Bertz CT molecular complexity index is 589. The number of anilines is 1. The van der Waals surface area contributed by atoms with Gasteiger partial charge < -0.3 is 15.4 Å². The molecule has 1 saturated heterocycles. The van der Waals surface area contributed by atoms with E-state index in [0.717, 1.165) is 5.57 Å². The molecule has 0 atom stereocenters. The first-order valence-corrected chi connectivity index (χ1v) is 6.06. The molecule has 1 aliphatic rings. The van der Waals surface area contributed by atoms with Crippen LogP contribution in [0.4, 0.5) is 11.4 Å². The van der Waals surface area contributed by atoms with Gasteiger partial charge in [0, 0.05) is 30.8 Å². The third-order valence-electron chi connectivity index (χ3n) is 3.19. The standard InChI is InChI=1S/C13H15N3O4/c1-8(9-6-14-7-9)13(17)15-11-5-10(16(18)19)3-4-12(11)20-2/h3-5,14H,6-7H2,1-2H3,(H,15,17). The zero-order valence-corrected chi connectivity index (χ0v) is 11.2. The van der Waals surface area contributed by atoms with Crippen LogP contribution in [-0.4, -0.2) is 31.0 Å². The number of carbonyl (C=O) groups excluding carboxylic acids is 1. The van der Waals surface area contributed by atoms with Crippen LogP contribution in [0.1, 0.15) is 6.92 Å². The Morgan fingerprint density at radius 1 is 1.45 bits per heavy atom. The van der Waals surface area contributed by atoms with Gasteiger partial charge in [-0.3, -0.25) is 14.9 Å². The van der Waals surface area contributed by atoms with Gasteiger partial charge in [0.25, 0.3) is 11.6 Å². The molecular weight excluding hydrogens is 262 g/mol. The van der Waals surface area contributed by atoms with Gasteiger partial charge in [-0.15, -0.1) is 0 Å². The highest BCUT2D eigenvalue weighted by atomic mass is 16.6. The predicted molar refractivity (Wildman–Crippen MR) is 73.8 cm³/mol. The summed E-state index contributed by atoms with van der Waals surface area (Å²) in [5.74, 6) is 0.105. The van der Waals surface area contributed by atoms with E-state index in [0.29, 0.717) is 30.1 Å². The van der Waals surface area contributed by atoms with Crippen LogP contribution < -0.4 is 15.4 Å². The first-order chi connectivity index (χ1) is 9.52. The number of carbonyl (C=O) groups is 1. The van der Waals surface area contributed by atoms with Crippen molar-refractivity contribution in [1.29, 1.82) is 0 Å². The van der Waals surface area contributed by atoms with Crippen LogP contribution in [0.15, 0.2) is 29.3 Å². The Hall–Kier alpha value is -2.41. The summed E-state index contributed by atoms with van der Waals surface area (Å²) in [5.41, 5.74) is 1.85. The van der Waals surface area contributed by atoms with Crippen molar-refractivity contribution in [2.45, 2.75) is 6.92 Å². The van der Waals surface area contributed by atoms with Crippen LogP contribution in [0.25, 0.3) is 0 Å². The van der Waals surface area contributed by atoms with E-state index in [2.05, 4.69) is 10.6 Å². The number of rotatable bonds is 4. The lowest BCUT2D eigenvalue weighted by Gasteiger charge is -2.21. The van der Waals surface area contributed by atoms with Gasteiger partial charge in [-0.25, -0.2) is 0 Å². The number of hydrogen-bond acceptors (Lipinski definition) is 5. The fraction of sp³-hybridized carbons (Fsp3) is 0.308. The number of non-ortho nitro benzene ring substituents is 1. The number of ether oxygens (including phenoxy) is 1. The largest absolute Gasteiger partial charge is 0.495 e. The average Bonchev–Trinajstić information content (AvgIpc) is 2.36. The summed E-state index contributed by atoms with van der Waals surface area (Å²) in [4.78, 5) is 22.3. The van der Waals surface area contributed by atoms with Crippen molar-refractivity contribution < 1.29 is 14.5 Å². The number of hydrogen-bond donors (Lipinski definition) is 2. The van der Waals surface area contributed by atoms with Gasteiger partial charge in [0.15, 0.2) is 0 Å². The molecule has 0 saturated carbocycles. The van der Waals surface area contributed by atoms with Gasteiger partial charge in [-0.1, -0.05) is 0 Å². The van der Waals surface area contributed by atoms with Gasteiger partial charge in [-0.05, 0) is 18.6 Å². The molecule has 0 spiro atoms. The van der Waals surface area contributed by atoms with Gasteiger partial charge in [-0.2, -0.15) is 0 Å². The fourth-order valence-electron chi connectivity index (χ4n) is 1.80. The Kier molecular flexibility index (Phi) is 3.99. The van der Waals surface area contributed by atoms with Crippen molar-refractivity contribution in [1.82, 2.24) is 5.32 Å². The van der Waals surface area contributed by atoms with Crippen LogP contribution in [0, 0.1) is 10.1 Å². The van der Waals surface area contributed by atoms with Crippen LogP contribution in [0.2, 0.25) is 0 Å².